The molecule has 0 saturated carbocycles. The molecule has 0 fully saturated rings. The SMILES string of the molecule is C[C@@H](N)C(=O)N1CCc2c(cccc2NC(=O)Nc2ccccc2F)C1.Cl. The Kier molecular flexibility index (Phi) is 6.76. The number of fused-ring (bicyclic) bond motifs is 1. The highest BCUT2D eigenvalue weighted by molar-refractivity contribution is 6.00. The Bertz CT molecular complexity index is 844. The lowest BCUT2D eigenvalue weighted by atomic mass is 9.97. The van der Waals surface area contributed by atoms with Crippen LogP contribution in [0.4, 0.5) is 20.6 Å². The van der Waals surface area contributed by atoms with Gasteiger partial charge in [0.1, 0.15) is 5.82 Å². The van der Waals surface area contributed by atoms with Gasteiger partial charge in [0.2, 0.25) is 5.91 Å². The standard InChI is InChI=1S/C19H21FN4O2.ClH/c1-12(21)18(25)24-10-9-14-13(11-24)5-4-8-16(14)22-19(26)23-17-7-3-2-6-15(17)20;/h2-8,12H,9-11,21H2,1H3,(H2,22,23,26);1H/t12-;/m1./s1. The number of rotatable bonds is 3. The van der Waals surface area contributed by atoms with Crippen LogP contribution in [0.3, 0.4) is 0 Å². The van der Waals surface area contributed by atoms with E-state index in [4.69, 9.17) is 5.73 Å². The highest BCUT2D eigenvalue weighted by Gasteiger charge is 2.24. The Morgan fingerprint density at radius 1 is 1.11 bits per heavy atom. The van der Waals surface area contributed by atoms with Gasteiger partial charge in [-0.3, -0.25) is 4.79 Å². The van der Waals surface area contributed by atoms with Crippen LogP contribution in [0.15, 0.2) is 42.5 Å². The molecule has 2 aromatic rings. The molecule has 0 aromatic heterocycles. The highest BCUT2D eigenvalue weighted by Crippen LogP contribution is 2.27. The summed E-state index contributed by atoms with van der Waals surface area (Å²) in [4.78, 5) is 26.0. The summed E-state index contributed by atoms with van der Waals surface area (Å²) >= 11 is 0. The second-order valence-electron chi connectivity index (χ2n) is 6.30. The van der Waals surface area contributed by atoms with E-state index in [0.717, 1.165) is 11.1 Å². The van der Waals surface area contributed by atoms with Crippen molar-refractivity contribution in [1.29, 1.82) is 0 Å². The van der Waals surface area contributed by atoms with Crippen molar-refractivity contribution >= 4 is 35.7 Å². The van der Waals surface area contributed by atoms with Crippen molar-refractivity contribution < 1.29 is 14.0 Å². The first kappa shape index (κ1) is 20.7. The van der Waals surface area contributed by atoms with Gasteiger partial charge in [-0.15, -0.1) is 12.4 Å². The second kappa shape index (κ2) is 8.83. The van der Waals surface area contributed by atoms with Crippen LogP contribution in [0, 0.1) is 5.82 Å². The van der Waals surface area contributed by atoms with Crippen molar-refractivity contribution in [1.82, 2.24) is 4.90 Å². The van der Waals surface area contributed by atoms with Crippen molar-refractivity contribution in [2.45, 2.75) is 25.9 Å². The number of anilines is 2. The van der Waals surface area contributed by atoms with Crippen LogP contribution in [-0.2, 0) is 17.8 Å². The number of para-hydroxylation sites is 1. The largest absolute Gasteiger partial charge is 0.337 e. The minimum atomic E-state index is -0.538. The maximum absolute atomic E-state index is 13.7. The number of nitrogens with zero attached hydrogens (tertiary/aromatic N) is 1. The number of nitrogens with one attached hydrogen (secondary N) is 2. The molecule has 0 unspecified atom stereocenters. The molecule has 1 aliphatic rings. The molecule has 8 heteroatoms. The molecule has 0 aliphatic carbocycles. The van der Waals surface area contributed by atoms with E-state index >= 15 is 0 Å². The van der Waals surface area contributed by atoms with Crippen molar-refractivity contribution in [2.75, 3.05) is 17.2 Å². The molecule has 0 bridgehead atoms. The zero-order valence-corrected chi connectivity index (χ0v) is 15.7. The monoisotopic (exact) mass is 392 g/mol. The highest BCUT2D eigenvalue weighted by atomic mass is 35.5. The number of carbonyl (C=O) groups is 2. The summed E-state index contributed by atoms with van der Waals surface area (Å²) in [5.41, 5.74) is 8.40. The zero-order chi connectivity index (χ0) is 18.7. The molecule has 3 rings (SSSR count). The van der Waals surface area contributed by atoms with Gasteiger partial charge in [-0.05, 0) is 42.7 Å². The summed E-state index contributed by atoms with van der Waals surface area (Å²) in [6, 6.07) is 10.5. The normalized spacial score (nSPS) is 13.8. The Morgan fingerprint density at radius 3 is 2.48 bits per heavy atom. The average molecular weight is 393 g/mol. The van der Waals surface area contributed by atoms with Gasteiger partial charge in [-0.1, -0.05) is 24.3 Å². The van der Waals surface area contributed by atoms with Crippen LogP contribution < -0.4 is 16.4 Å². The number of benzene rings is 2. The first-order valence-electron chi connectivity index (χ1n) is 8.43. The molecular formula is C19H22ClFN4O2. The topological polar surface area (TPSA) is 87.5 Å². The Morgan fingerprint density at radius 2 is 1.78 bits per heavy atom. The smallest absolute Gasteiger partial charge is 0.323 e. The van der Waals surface area contributed by atoms with Crippen molar-refractivity contribution in [3.63, 3.8) is 0 Å². The molecule has 6 nitrogen and oxygen atoms in total. The quantitative estimate of drug-likeness (QED) is 0.749. The van der Waals surface area contributed by atoms with Gasteiger partial charge < -0.3 is 21.3 Å². The molecule has 144 valence electrons. The lowest BCUT2D eigenvalue weighted by molar-refractivity contribution is -0.133. The van der Waals surface area contributed by atoms with Gasteiger partial charge >= 0.3 is 6.03 Å². The summed E-state index contributed by atoms with van der Waals surface area (Å²) in [5, 5.41) is 5.27. The number of amides is 3. The first-order chi connectivity index (χ1) is 12.5. The van der Waals surface area contributed by atoms with Crippen LogP contribution >= 0.6 is 12.4 Å². The Labute approximate surface area is 163 Å². The number of halogens is 2. The number of hydrogen-bond acceptors (Lipinski definition) is 3. The van der Waals surface area contributed by atoms with Crippen molar-refractivity contribution in [3.05, 3.63) is 59.4 Å². The Hall–Kier alpha value is -2.64. The maximum atomic E-state index is 13.7. The summed E-state index contributed by atoms with van der Waals surface area (Å²) in [7, 11) is 0. The van der Waals surface area contributed by atoms with Crippen molar-refractivity contribution in [3.8, 4) is 0 Å². The summed E-state index contributed by atoms with van der Waals surface area (Å²) in [5.74, 6) is -0.589. The molecule has 0 saturated heterocycles. The van der Waals surface area contributed by atoms with E-state index < -0.39 is 17.9 Å². The van der Waals surface area contributed by atoms with E-state index in [0.29, 0.717) is 25.2 Å². The van der Waals surface area contributed by atoms with Crippen LogP contribution in [0.5, 0.6) is 0 Å². The van der Waals surface area contributed by atoms with Crippen LogP contribution in [0.25, 0.3) is 0 Å². The fraction of sp³-hybridized carbons (Fsp3) is 0.263. The third-order valence-corrected chi connectivity index (χ3v) is 4.34. The van der Waals surface area contributed by atoms with E-state index in [2.05, 4.69) is 10.6 Å². The minimum Gasteiger partial charge on any atom is -0.337 e. The fourth-order valence-corrected chi connectivity index (χ4v) is 3.04. The van der Waals surface area contributed by atoms with Gasteiger partial charge in [0.15, 0.2) is 0 Å². The van der Waals surface area contributed by atoms with E-state index in [9.17, 15) is 14.0 Å². The second-order valence-corrected chi connectivity index (χ2v) is 6.30. The van der Waals surface area contributed by atoms with Gasteiger partial charge in [-0.2, -0.15) is 0 Å². The van der Waals surface area contributed by atoms with Gasteiger partial charge in [0.25, 0.3) is 0 Å². The predicted molar refractivity (Wildman–Crippen MR) is 106 cm³/mol. The predicted octanol–water partition coefficient (Wildman–Crippen LogP) is 3.12. The van der Waals surface area contributed by atoms with E-state index in [1.54, 1.807) is 30.0 Å². The number of urea groups is 1. The van der Waals surface area contributed by atoms with Crippen LogP contribution in [-0.4, -0.2) is 29.4 Å². The molecule has 1 heterocycles. The average Bonchev–Trinajstić information content (AvgIpc) is 2.62. The zero-order valence-electron chi connectivity index (χ0n) is 14.9. The third kappa shape index (κ3) is 4.75. The molecule has 3 amide bonds. The number of carbonyl (C=O) groups excluding carboxylic acids is 2. The molecular weight excluding hydrogens is 371 g/mol. The molecule has 0 radical (unpaired) electrons. The molecule has 2 aromatic carbocycles. The summed E-state index contributed by atoms with van der Waals surface area (Å²) in [6.45, 7) is 2.67. The fourth-order valence-electron chi connectivity index (χ4n) is 3.04. The Balaban J connectivity index is 0.00000261. The molecule has 4 N–H and O–H groups in total. The minimum absolute atomic E-state index is 0. The van der Waals surface area contributed by atoms with Crippen LogP contribution in [0.1, 0.15) is 18.1 Å². The van der Waals surface area contributed by atoms with Crippen LogP contribution in [0.2, 0.25) is 0 Å². The van der Waals surface area contributed by atoms with E-state index in [-0.39, 0.29) is 24.0 Å². The van der Waals surface area contributed by atoms with E-state index in [1.165, 1.54) is 12.1 Å². The molecule has 27 heavy (non-hydrogen) atoms. The first-order valence-corrected chi connectivity index (χ1v) is 8.43. The lowest BCUT2D eigenvalue weighted by Crippen LogP contribution is -2.44. The number of hydrogen-bond donors (Lipinski definition) is 3. The lowest BCUT2D eigenvalue weighted by Gasteiger charge is -2.31. The van der Waals surface area contributed by atoms with Crippen molar-refractivity contribution in [2.24, 2.45) is 5.73 Å². The van der Waals surface area contributed by atoms with E-state index in [1.807, 2.05) is 12.1 Å². The van der Waals surface area contributed by atoms with Gasteiger partial charge in [0, 0.05) is 18.8 Å². The van der Waals surface area contributed by atoms with Gasteiger partial charge in [0.05, 0.1) is 11.7 Å². The molecule has 0 spiro atoms. The summed E-state index contributed by atoms with van der Waals surface area (Å²) < 4.78 is 13.7. The number of nitrogens with two attached hydrogens (primary N) is 1. The maximum Gasteiger partial charge on any atom is 0.323 e. The third-order valence-electron chi connectivity index (χ3n) is 4.34. The molecule has 1 atom stereocenters. The molecule has 1 aliphatic heterocycles. The summed E-state index contributed by atoms with van der Waals surface area (Å²) in [6.07, 6.45) is 0.615. The van der Waals surface area contributed by atoms with Gasteiger partial charge in [-0.25, -0.2) is 9.18 Å².